The molecule has 1 aromatic carbocycles. The van der Waals surface area contributed by atoms with E-state index in [0.29, 0.717) is 22.8 Å². The van der Waals surface area contributed by atoms with Crippen LogP contribution in [0.25, 0.3) is 5.65 Å². The van der Waals surface area contributed by atoms with Crippen molar-refractivity contribution in [1.29, 1.82) is 5.26 Å². The minimum atomic E-state index is 0.416. The van der Waals surface area contributed by atoms with E-state index in [2.05, 4.69) is 26.5 Å². The van der Waals surface area contributed by atoms with Crippen molar-refractivity contribution >= 4 is 17.2 Å². The van der Waals surface area contributed by atoms with Gasteiger partial charge in [-0.25, -0.2) is 9.50 Å². The molecular formula is C20H16N6O. The smallest absolute Gasteiger partial charge is 0.175 e. The van der Waals surface area contributed by atoms with Crippen LogP contribution in [0.5, 0.6) is 11.5 Å². The molecule has 27 heavy (non-hydrogen) atoms. The fourth-order valence-corrected chi connectivity index (χ4v) is 2.80. The standard InChI is InChI=1S/C20H16N6O/c1-13-11-14(2)26-20(23-13)18(12-21)19(25-26)24-15-3-5-16(6-4-15)27-17-7-9-22-10-8-17/h3-11H,1-2H3,(H,24,25). The van der Waals surface area contributed by atoms with Crippen LogP contribution in [0.1, 0.15) is 17.0 Å². The zero-order valence-corrected chi connectivity index (χ0v) is 14.8. The molecule has 4 rings (SSSR count). The quantitative estimate of drug-likeness (QED) is 0.591. The van der Waals surface area contributed by atoms with Gasteiger partial charge in [0.1, 0.15) is 23.1 Å². The fraction of sp³-hybridized carbons (Fsp3) is 0.100. The number of nitrogens with zero attached hydrogens (tertiary/aromatic N) is 5. The molecule has 0 bridgehead atoms. The number of aromatic nitrogens is 4. The van der Waals surface area contributed by atoms with Gasteiger partial charge in [-0.05, 0) is 56.3 Å². The Balaban J connectivity index is 1.61. The molecular weight excluding hydrogens is 340 g/mol. The topological polar surface area (TPSA) is 88.1 Å². The Hall–Kier alpha value is -3.92. The highest BCUT2D eigenvalue weighted by atomic mass is 16.5. The van der Waals surface area contributed by atoms with Gasteiger partial charge in [-0.2, -0.15) is 5.26 Å². The highest BCUT2D eigenvalue weighted by Crippen LogP contribution is 2.26. The zero-order chi connectivity index (χ0) is 18.8. The Morgan fingerprint density at radius 1 is 1.04 bits per heavy atom. The number of anilines is 2. The molecule has 0 aliphatic carbocycles. The van der Waals surface area contributed by atoms with Crippen LogP contribution in [-0.2, 0) is 0 Å². The van der Waals surface area contributed by atoms with Crippen molar-refractivity contribution in [2.45, 2.75) is 13.8 Å². The number of ether oxygens (including phenoxy) is 1. The molecule has 0 aliphatic heterocycles. The number of fused-ring (bicyclic) bond motifs is 1. The number of nitriles is 1. The van der Waals surface area contributed by atoms with Gasteiger partial charge in [0.05, 0.1) is 0 Å². The third kappa shape index (κ3) is 3.28. The molecule has 0 fully saturated rings. The van der Waals surface area contributed by atoms with Crippen molar-refractivity contribution in [2.24, 2.45) is 0 Å². The maximum Gasteiger partial charge on any atom is 0.175 e. The van der Waals surface area contributed by atoms with Gasteiger partial charge >= 0.3 is 0 Å². The summed E-state index contributed by atoms with van der Waals surface area (Å²) in [5, 5.41) is 17.2. The molecule has 0 aliphatic rings. The number of rotatable bonds is 4. The van der Waals surface area contributed by atoms with Crippen molar-refractivity contribution in [2.75, 3.05) is 5.32 Å². The fourth-order valence-electron chi connectivity index (χ4n) is 2.80. The molecule has 0 saturated heterocycles. The number of aryl methyl sites for hydroxylation is 2. The van der Waals surface area contributed by atoms with E-state index in [1.54, 1.807) is 29.0 Å². The first-order valence-electron chi connectivity index (χ1n) is 8.36. The van der Waals surface area contributed by atoms with E-state index in [9.17, 15) is 5.26 Å². The number of pyridine rings is 1. The van der Waals surface area contributed by atoms with E-state index in [4.69, 9.17) is 4.74 Å². The average Bonchev–Trinajstić information content (AvgIpc) is 3.01. The number of hydrogen-bond acceptors (Lipinski definition) is 6. The molecule has 0 radical (unpaired) electrons. The minimum absolute atomic E-state index is 0.416. The second-order valence-corrected chi connectivity index (χ2v) is 6.04. The van der Waals surface area contributed by atoms with Crippen LogP contribution in [-0.4, -0.2) is 19.6 Å². The van der Waals surface area contributed by atoms with E-state index in [0.717, 1.165) is 22.8 Å². The Bertz CT molecular complexity index is 1140. The van der Waals surface area contributed by atoms with Gasteiger partial charge in [0.15, 0.2) is 11.5 Å². The van der Waals surface area contributed by atoms with Gasteiger partial charge in [0, 0.05) is 29.5 Å². The van der Waals surface area contributed by atoms with Crippen molar-refractivity contribution in [3.8, 4) is 17.6 Å². The molecule has 3 heterocycles. The molecule has 1 N–H and O–H groups in total. The second-order valence-electron chi connectivity index (χ2n) is 6.04. The first-order valence-corrected chi connectivity index (χ1v) is 8.36. The second kappa shape index (κ2) is 6.77. The first kappa shape index (κ1) is 16.5. The average molecular weight is 356 g/mol. The molecule has 7 nitrogen and oxygen atoms in total. The lowest BCUT2D eigenvalue weighted by Crippen LogP contribution is -1.97. The minimum Gasteiger partial charge on any atom is -0.457 e. The zero-order valence-electron chi connectivity index (χ0n) is 14.8. The van der Waals surface area contributed by atoms with E-state index >= 15 is 0 Å². The van der Waals surface area contributed by atoms with Crippen LogP contribution in [0.3, 0.4) is 0 Å². The molecule has 3 aromatic heterocycles. The summed E-state index contributed by atoms with van der Waals surface area (Å²) in [7, 11) is 0. The van der Waals surface area contributed by atoms with Crippen molar-refractivity contribution < 1.29 is 4.74 Å². The maximum absolute atomic E-state index is 9.56. The Kier molecular flexibility index (Phi) is 4.15. The SMILES string of the molecule is Cc1cc(C)n2nc(Nc3ccc(Oc4ccncc4)cc3)c(C#N)c2n1. The molecule has 0 amide bonds. The third-order valence-electron chi connectivity index (χ3n) is 4.01. The van der Waals surface area contributed by atoms with Crippen LogP contribution in [0.2, 0.25) is 0 Å². The van der Waals surface area contributed by atoms with Gasteiger partial charge < -0.3 is 10.1 Å². The largest absolute Gasteiger partial charge is 0.457 e. The van der Waals surface area contributed by atoms with E-state index in [1.807, 2.05) is 44.2 Å². The summed E-state index contributed by atoms with van der Waals surface area (Å²) in [5.74, 6) is 1.90. The van der Waals surface area contributed by atoms with Crippen LogP contribution < -0.4 is 10.1 Å². The first-order chi connectivity index (χ1) is 13.1. The van der Waals surface area contributed by atoms with Gasteiger partial charge in [0.25, 0.3) is 0 Å². The van der Waals surface area contributed by atoms with Gasteiger partial charge in [0.2, 0.25) is 0 Å². The van der Waals surface area contributed by atoms with E-state index < -0.39 is 0 Å². The summed E-state index contributed by atoms with van der Waals surface area (Å²) in [6.07, 6.45) is 3.35. The van der Waals surface area contributed by atoms with Crippen molar-refractivity contribution in [1.82, 2.24) is 19.6 Å². The number of benzene rings is 1. The molecule has 0 saturated carbocycles. The Morgan fingerprint density at radius 3 is 2.44 bits per heavy atom. The third-order valence-corrected chi connectivity index (χ3v) is 4.01. The summed E-state index contributed by atoms with van der Waals surface area (Å²) in [6.45, 7) is 3.83. The van der Waals surface area contributed by atoms with Gasteiger partial charge in [-0.1, -0.05) is 0 Å². The van der Waals surface area contributed by atoms with Crippen molar-refractivity contribution in [3.05, 3.63) is 71.8 Å². The number of hydrogen-bond donors (Lipinski definition) is 1. The summed E-state index contributed by atoms with van der Waals surface area (Å²) in [5.41, 5.74) is 3.53. The van der Waals surface area contributed by atoms with E-state index in [-0.39, 0.29) is 0 Å². The maximum atomic E-state index is 9.56. The lowest BCUT2D eigenvalue weighted by molar-refractivity contribution is 0.482. The summed E-state index contributed by atoms with van der Waals surface area (Å²) in [6, 6.07) is 15.1. The highest BCUT2D eigenvalue weighted by Gasteiger charge is 2.15. The molecule has 0 atom stereocenters. The molecule has 4 aromatic rings. The van der Waals surface area contributed by atoms with Crippen LogP contribution in [0, 0.1) is 25.2 Å². The highest BCUT2D eigenvalue weighted by molar-refractivity contribution is 5.72. The van der Waals surface area contributed by atoms with Crippen LogP contribution >= 0.6 is 0 Å². The summed E-state index contributed by atoms with van der Waals surface area (Å²) >= 11 is 0. The van der Waals surface area contributed by atoms with Gasteiger partial charge in [-0.3, -0.25) is 4.98 Å². The lowest BCUT2D eigenvalue weighted by atomic mass is 10.2. The summed E-state index contributed by atoms with van der Waals surface area (Å²) in [4.78, 5) is 8.41. The lowest BCUT2D eigenvalue weighted by Gasteiger charge is -2.07. The van der Waals surface area contributed by atoms with E-state index in [1.165, 1.54) is 0 Å². The van der Waals surface area contributed by atoms with Crippen molar-refractivity contribution in [3.63, 3.8) is 0 Å². The van der Waals surface area contributed by atoms with Gasteiger partial charge in [-0.15, -0.1) is 5.10 Å². The van der Waals surface area contributed by atoms with Crippen LogP contribution in [0.4, 0.5) is 11.5 Å². The molecule has 132 valence electrons. The molecule has 7 heteroatoms. The predicted molar refractivity (Wildman–Crippen MR) is 101 cm³/mol. The summed E-state index contributed by atoms with van der Waals surface area (Å²) < 4.78 is 7.43. The number of nitrogens with one attached hydrogen (secondary N) is 1. The Morgan fingerprint density at radius 2 is 1.74 bits per heavy atom. The van der Waals surface area contributed by atoms with Crippen LogP contribution in [0.15, 0.2) is 54.9 Å². The monoisotopic (exact) mass is 356 g/mol. The molecule has 0 spiro atoms. The Labute approximate surface area is 155 Å². The predicted octanol–water partition coefficient (Wildman–Crippen LogP) is 4.15. The normalized spacial score (nSPS) is 10.6. The molecule has 0 unspecified atom stereocenters.